The summed E-state index contributed by atoms with van der Waals surface area (Å²) in [5, 5.41) is 9.57. The first-order valence-electron chi connectivity index (χ1n) is 10.8. The first kappa shape index (κ1) is 24.2. The van der Waals surface area contributed by atoms with Crippen LogP contribution in [0.1, 0.15) is 11.1 Å². The number of nitrogens with zero attached hydrogens (tertiary/aromatic N) is 3. The van der Waals surface area contributed by atoms with E-state index in [1.807, 2.05) is 6.20 Å². The molecular formula is C24H26N5O3S2-. The average molecular weight is 497 g/mol. The molecule has 0 aliphatic carbocycles. The normalized spacial score (nSPS) is 14.4. The highest BCUT2D eigenvalue weighted by atomic mass is 32.2. The standard InChI is InChI=1S/C24H24N4OS.H3NO2S/c1-16-4-3-5-20(17(16)2)21-15-30-22-14-25-24(27-23(21)22)26-18-6-8-19(9-7-18)28-10-12-29-13-11-28;1-4(2)3/h3-9,14-15H,10-13H2,1-2H3,(H,25,26,27);1H2,(H,2,3)/p-1. The average Bonchev–Trinajstić information content (AvgIpc) is 3.25. The number of thiophene rings is 1. The second-order valence-corrected chi connectivity index (χ2v) is 9.27. The van der Waals surface area contributed by atoms with Crippen molar-refractivity contribution in [2.75, 3.05) is 36.5 Å². The van der Waals surface area contributed by atoms with Crippen molar-refractivity contribution in [1.29, 1.82) is 0 Å². The smallest absolute Gasteiger partial charge is 0.227 e. The predicted octanol–water partition coefficient (Wildman–Crippen LogP) is 4.29. The van der Waals surface area contributed by atoms with Crippen LogP contribution in [0.15, 0.2) is 54.0 Å². The maximum absolute atomic E-state index is 8.78. The van der Waals surface area contributed by atoms with Crippen molar-refractivity contribution in [3.63, 3.8) is 0 Å². The minimum atomic E-state index is -2.36. The molecule has 1 aliphatic heterocycles. The summed E-state index contributed by atoms with van der Waals surface area (Å²) in [5.74, 6) is 0.617. The van der Waals surface area contributed by atoms with Crippen molar-refractivity contribution in [2.24, 2.45) is 5.14 Å². The maximum atomic E-state index is 8.78. The molecule has 34 heavy (non-hydrogen) atoms. The quantitative estimate of drug-likeness (QED) is 0.405. The van der Waals surface area contributed by atoms with Gasteiger partial charge in [0.15, 0.2) is 0 Å². The van der Waals surface area contributed by atoms with Crippen LogP contribution in [0.2, 0.25) is 0 Å². The summed E-state index contributed by atoms with van der Waals surface area (Å²) in [7, 11) is 0. The van der Waals surface area contributed by atoms with Crippen LogP contribution in [0, 0.1) is 13.8 Å². The first-order chi connectivity index (χ1) is 16.4. The molecule has 1 aliphatic rings. The Morgan fingerprint density at radius 1 is 1.12 bits per heavy atom. The van der Waals surface area contributed by atoms with Crippen molar-refractivity contribution in [1.82, 2.24) is 9.97 Å². The van der Waals surface area contributed by atoms with Crippen molar-refractivity contribution in [3.05, 3.63) is 65.2 Å². The fraction of sp³-hybridized carbons (Fsp3) is 0.250. The third-order valence-electron chi connectivity index (χ3n) is 5.71. The number of benzene rings is 2. The van der Waals surface area contributed by atoms with E-state index in [4.69, 9.17) is 18.5 Å². The molecule has 1 atom stereocenters. The molecule has 1 saturated heterocycles. The van der Waals surface area contributed by atoms with E-state index in [1.165, 1.54) is 27.9 Å². The van der Waals surface area contributed by atoms with E-state index in [2.05, 4.69) is 82.0 Å². The topological polar surface area (TPSA) is 116 Å². The minimum Gasteiger partial charge on any atom is -0.760 e. The lowest BCUT2D eigenvalue weighted by atomic mass is 9.98. The zero-order chi connectivity index (χ0) is 24.1. The van der Waals surface area contributed by atoms with Crippen LogP contribution in [0.4, 0.5) is 17.3 Å². The number of morpholine rings is 1. The van der Waals surface area contributed by atoms with E-state index in [0.717, 1.165) is 42.2 Å². The Hall–Kier alpha value is -2.89. The Morgan fingerprint density at radius 2 is 1.82 bits per heavy atom. The Balaban J connectivity index is 0.000000636. The lowest BCUT2D eigenvalue weighted by Crippen LogP contribution is -2.36. The number of nitrogens with two attached hydrogens (primary N) is 1. The molecule has 0 bridgehead atoms. The summed E-state index contributed by atoms with van der Waals surface area (Å²) < 4.78 is 24.1. The molecule has 2 aromatic carbocycles. The summed E-state index contributed by atoms with van der Waals surface area (Å²) in [4.78, 5) is 11.7. The molecule has 2 aromatic heterocycles. The van der Waals surface area contributed by atoms with Crippen LogP contribution in [-0.4, -0.2) is 45.0 Å². The zero-order valence-corrected chi connectivity index (χ0v) is 20.6. The van der Waals surface area contributed by atoms with Crippen LogP contribution < -0.4 is 15.4 Å². The molecule has 1 fully saturated rings. The van der Waals surface area contributed by atoms with E-state index < -0.39 is 11.3 Å². The summed E-state index contributed by atoms with van der Waals surface area (Å²) in [6.07, 6.45) is 1.91. The molecule has 3 heterocycles. The van der Waals surface area contributed by atoms with Gasteiger partial charge in [0, 0.05) is 46.7 Å². The van der Waals surface area contributed by atoms with Gasteiger partial charge >= 0.3 is 0 Å². The Labute approximate surface area is 205 Å². The Kier molecular flexibility index (Phi) is 7.86. The van der Waals surface area contributed by atoms with Gasteiger partial charge in [-0.25, -0.2) is 9.97 Å². The van der Waals surface area contributed by atoms with E-state index in [-0.39, 0.29) is 0 Å². The van der Waals surface area contributed by atoms with Crippen LogP contribution in [0.5, 0.6) is 0 Å². The minimum absolute atomic E-state index is 0.617. The van der Waals surface area contributed by atoms with E-state index in [9.17, 15) is 0 Å². The highest BCUT2D eigenvalue weighted by Gasteiger charge is 2.13. The second kappa shape index (κ2) is 11.0. The molecule has 1 unspecified atom stereocenters. The summed E-state index contributed by atoms with van der Waals surface area (Å²) in [6.45, 7) is 7.77. The van der Waals surface area contributed by atoms with Gasteiger partial charge in [0.1, 0.15) is 0 Å². The Morgan fingerprint density at radius 3 is 2.53 bits per heavy atom. The zero-order valence-electron chi connectivity index (χ0n) is 19.0. The molecule has 0 amide bonds. The number of hydrogen-bond acceptors (Lipinski definition) is 8. The fourth-order valence-corrected chi connectivity index (χ4v) is 4.69. The Bertz CT molecular complexity index is 1280. The van der Waals surface area contributed by atoms with Crippen molar-refractivity contribution in [2.45, 2.75) is 13.8 Å². The van der Waals surface area contributed by atoms with Gasteiger partial charge < -0.3 is 19.5 Å². The lowest BCUT2D eigenvalue weighted by Gasteiger charge is -2.28. The maximum Gasteiger partial charge on any atom is 0.227 e. The number of aromatic nitrogens is 2. The number of hydrogen-bond donors (Lipinski definition) is 2. The van der Waals surface area contributed by atoms with E-state index >= 15 is 0 Å². The number of rotatable bonds is 4. The number of ether oxygens (including phenoxy) is 1. The largest absolute Gasteiger partial charge is 0.760 e. The van der Waals surface area contributed by atoms with Gasteiger partial charge in [0.05, 0.1) is 29.6 Å². The number of fused-ring (bicyclic) bond motifs is 1. The molecule has 178 valence electrons. The first-order valence-corrected chi connectivity index (χ1v) is 12.8. The summed E-state index contributed by atoms with van der Waals surface area (Å²) >= 11 is -0.674. The van der Waals surface area contributed by atoms with Crippen LogP contribution >= 0.6 is 11.3 Å². The highest BCUT2D eigenvalue weighted by Crippen LogP contribution is 2.35. The van der Waals surface area contributed by atoms with Crippen LogP contribution in [-0.2, 0) is 16.0 Å². The molecule has 5 rings (SSSR count). The van der Waals surface area contributed by atoms with Gasteiger partial charge in [-0.15, -0.1) is 11.3 Å². The molecule has 4 aromatic rings. The van der Waals surface area contributed by atoms with Crippen LogP contribution in [0.3, 0.4) is 0 Å². The molecule has 0 spiro atoms. The summed E-state index contributed by atoms with van der Waals surface area (Å²) in [6, 6.07) is 14.9. The van der Waals surface area contributed by atoms with Gasteiger partial charge in [0.2, 0.25) is 5.95 Å². The molecule has 0 saturated carbocycles. The van der Waals surface area contributed by atoms with Gasteiger partial charge in [-0.1, -0.05) is 18.2 Å². The number of anilines is 3. The number of nitrogens with one attached hydrogen (secondary N) is 1. The molecular weight excluding hydrogens is 470 g/mol. The van der Waals surface area contributed by atoms with Crippen LogP contribution in [0.25, 0.3) is 21.3 Å². The van der Waals surface area contributed by atoms with Crippen molar-refractivity contribution >= 4 is 50.1 Å². The SMILES string of the molecule is Cc1cccc(-c2csc3cnc(Nc4ccc(N5CCOCC5)cc4)nc23)c1C.NS(=O)[O-]. The van der Waals surface area contributed by atoms with Gasteiger partial charge in [0.25, 0.3) is 0 Å². The van der Waals surface area contributed by atoms with Gasteiger partial charge in [-0.05, 0) is 54.8 Å². The lowest BCUT2D eigenvalue weighted by molar-refractivity contribution is 0.122. The third-order valence-corrected chi connectivity index (χ3v) is 6.61. The van der Waals surface area contributed by atoms with Gasteiger partial charge in [-0.2, -0.15) is 0 Å². The fourth-order valence-electron chi connectivity index (χ4n) is 3.83. The number of aryl methyl sites for hydroxylation is 1. The molecule has 10 heteroatoms. The van der Waals surface area contributed by atoms with E-state index in [1.54, 1.807) is 11.3 Å². The monoisotopic (exact) mass is 496 g/mol. The van der Waals surface area contributed by atoms with Crippen molar-refractivity contribution in [3.8, 4) is 11.1 Å². The predicted molar refractivity (Wildman–Crippen MR) is 138 cm³/mol. The highest BCUT2D eigenvalue weighted by molar-refractivity contribution is 7.76. The second-order valence-electron chi connectivity index (χ2n) is 7.84. The molecule has 8 nitrogen and oxygen atoms in total. The van der Waals surface area contributed by atoms with Crippen molar-refractivity contribution < 1.29 is 13.5 Å². The van der Waals surface area contributed by atoms with Gasteiger partial charge in [-0.3, -0.25) is 9.35 Å². The van der Waals surface area contributed by atoms with E-state index in [0.29, 0.717) is 5.95 Å². The molecule has 3 N–H and O–H groups in total. The third kappa shape index (κ3) is 5.78. The summed E-state index contributed by atoms with van der Waals surface area (Å²) in [5.41, 5.74) is 8.19. The molecule has 0 radical (unpaired) electrons.